The van der Waals surface area contributed by atoms with Gasteiger partial charge in [-0.15, -0.1) is 0 Å². The van der Waals surface area contributed by atoms with Gasteiger partial charge in [0.2, 0.25) is 5.91 Å². The molecule has 1 heterocycles. The molecule has 35 heavy (non-hydrogen) atoms. The topological polar surface area (TPSA) is 96.2 Å². The molecule has 0 bridgehead atoms. The molecule has 0 aliphatic carbocycles. The number of rotatable bonds is 7. The van der Waals surface area contributed by atoms with Gasteiger partial charge in [0.25, 0.3) is 5.91 Å². The van der Waals surface area contributed by atoms with E-state index in [1.807, 2.05) is 87.7 Å². The molecule has 2 amide bonds. The number of aromatic nitrogens is 1. The second-order valence-corrected chi connectivity index (χ2v) is 8.53. The van der Waals surface area contributed by atoms with E-state index < -0.39 is 5.91 Å². The van der Waals surface area contributed by atoms with Gasteiger partial charge in [0.1, 0.15) is 17.4 Å². The molecule has 1 aromatic heterocycles. The number of nitrogens with one attached hydrogen (secondary N) is 2. The number of benzene rings is 2. The van der Waals surface area contributed by atoms with Crippen molar-refractivity contribution < 1.29 is 14.3 Å². The first-order chi connectivity index (χ1) is 16.6. The standard InChI is InChI=1S/C28H30N4O3/c1-17-11-18(2)27(19(3)12-17)31-26(33)16-30-28(34)23(15-29)14-22-13-20(4)32(21(22)5)24-7-9-25(35-6)10-8-24/h7-14H,16H2,1-6H3,(H,30,34)(H,31,33)/b23-14-. The van der Waals surface area contributed by atoms with Crippen LogP contribution in [-0.2, 0) is 9.59 Å². The van der Waals surface area contributed by atoms with Crippen LogP contribution >= 0.6 is 0 Å². The van der Waals surface area contributed by atoms with Gasteiger partial charge in [0.05, 0.1) is 13.7 Å². The Morgan fingerprint density at radius 1 is 1.03 bits per heavy atom. The Hall–Kier alpha value is -4.31. The van der Waals surface area contributed by atoms with Crippen molar-refractivity contribution in [3.05, 3.63) is 81.7 Å². The number of nitriles is 1. The molecule has 0 saturated carbocycles. The van der Waals surface area contributed by atoms with E-state index in [0.717, 1.165) is 50.8 Å². The minimum atomic E-state index is -0.603. The highest BCUT2D eigenvalue weighted by Gasteiger charge is 2.15. The molecule has 0 aliphatic heterocycles. The molecular weight excluding hydrogens is 440 g/mol. The van der Waals surface area contributed by atoms with E-state index in [9.17, 15) is 14.9 Å². The fourth-order valence-electron chi connectivity index (χ4n) is 4.18. The predicted molar refractivity (Wildman–Crippen MR) is 138 cm³/mol. The number of methoxy groups -OCH3 is 1. The molecule has 3 aromatic rings. The third-order valence-corrected chi connectivity index (χ3v) is 5.82. The SMILES string of the molecule is COc1ccc(-n2c(C)cc(/C=C(/C#N)C(=O)NCC(=O)Nc3c(C)cc(C)cc3C)c2C)cc1. The molecule has 7 heteroatoms. The van der Waals surface area contributed by atoms with Crippen LogP contribution in [0.2, 0.25) is 0 Å². The van der Waals surface area contributed by atoms with Gasteiger partial charge < -0.3 is 19.9 Å². The van der Waals surface area contributed by atoms with Crippen LogP contribution in [0.25, 0.3) is 11.8 Å². The third kappa shape index (κ3) is 5.79. The van der Waals surface area contributed by atoms with Gasteiger partial charge in [-0.3, -0.25) is 9.59 Å². The molecular formula is C28H30N4O3. The highest BCUT2D eigenvalue weighted by molar-refractivity contribution is 6.04. The summed E-state index contributed by atoms with van der Waals surface area (Å²) >= 11 is 0. The maximum absolute atomic E-state index is 12.7. The summed E-state index contributed by atoms with van der Waals surface area (Å²) in [5.41, 5.74) is 7.21. The van der Waals surface area contributed by atoms with Crippen molar-refractivity contribution in [2.45, 2.75) is 34.6 Å². The number of hydrogen-bond acceptors (Lipinski definition) is 4. The smallest absolute Gasteiger partial charge is 0.262 e. The molecule has 0 radical (unpaired) electrons. The van der Waals surface area contributed by atoms with Gasteiger partial charge in [0.15, 0.2) is 0 Å². The zero-order valence-electron chi connectivity index (χ0n) is 20.9. The first-order valence-electron chi connectivity index (χ1n) is 11.3. The molecule has 0 atom stereocenters. The summed E-state index contributed by atoms with van der Waals surface area (Å²) in [5.74, 6) is -0.200. The maximum Gasteiger partial charge on any atom is 0.262 e. The zero-order chi connectivity index (χ0) is 25.7. The number of aryl methyl sites for hydroxylation is 4. The molecule has 2 N–H and O–H groups in total. The molecule has 0 aliphatic rings. The average Bonchev–Trinajstić information content (AvgIpc) is 3.10. The van der Waals surface area contributed by atoms with E-state index in [4.69, 9.17) is 4.74 Å². The van der Waals surface area contributed by atoms with Crippen molar-refractivity contribution >= 4 is 23.6 Å². The maximum atomic E-state index is 12.7. The van der Waals surface area contributed by atoms with Crippen LogP contribution in [0, 0.1) is 45.9 Å². The molecule has 2 aromatic carbocycles. The lowest BCUT2D eigenvalue weighted by Gasteiger charge is -2.13. The number of anilines is 1. The quantitative estimate of drug-likeness (QED) is 0.387. The summed E-state index contributed by atoms with van der Waals surface area (Å²) in [6, 6.07) is 15.5. The largest absolute Gasteiger partial charge is 0.497 e. The molecule has 0 spiro atoms. The Balaban J connectivity index is 1.73. The summed E-state index contributed by atoms with van der Waals surface area (Å²) in [4.78, 5) is 25.1. The fourth-order valence-corrected chi connectivity index (χ4v) is 4.18. The fraction of sp³-hybridized carbons (Fsp3) is 0.250. The number of carbonyl (C=O) groups excluding carboxylic acids is 2. The van der Waals surface area contributed by atoms with Gasteiger partial charge in [-0.1, -0.05) is 17.7 Å². The lowest BCUT2D eigenvalue weighted by atomic mass is 10.1. The van der Waals surface area contributed by atoms with Gasteiger partial charge in [-0.05, 0) is 87.7 Å². The lowest BCUT2D eigenvalue weighted by molar-refractivity contribution is -0.121. The second-order valence-electron chi connectivity index (χ2n) is 8.53. The average molecular weight is 471 g/mol. The van der Waals surface area contributed by atoms with Gasteiger partial charge in [0, 0.05) is 22.8 Å². The van der Waals surface area contributed by atoms with Gasteiger partial charge in [-0.25, -0.2) is 0 Å². The third-order valence-electron chi connectivity index (χ3n) is 5.82. The first-order valence-corrected chi connectivity index (χ1v) is 11.3. The minimum absolute atomic E-state index is 0.0736. The number of ether oxygens (including phenoxy) is 1. The van der Waals surface area contributed by atoms with Crippen LogP contribution in [0.1, 0.15) is 33.6 Å². The Morgan fingerprint density at radius 3 is 2.23 bits per heavy atom. The number of amides is 2. The van der Waals surface area contributed by atoms with E-state index in [1.54, 1.807) is 13.2 Å². The summed E-state index contributed by atoms with van der Waals surface area (Å²) in [6.07, 6.45) is 1.55. The monoisotopic (exact) mass is 470 g/mol. The van der Waals surface area contributed by atoms with Crippen LogP contribution in [-0.4, -0.2) is 30.0 Å². The van der Waals surface area contributed by atoms with Crippen LogP contribution < -0.4 is 15.4 Å². The summed E-state index contributed by atoms with van der Waals surface area (Å²) < 4.78 is 7.27. The molecule has 0 unspecified atom stereocenters. The van der Waals surface area contributed by atoms with E-state index in [-0.39, 0.29) is 18.0 Å². The zero-order valence-corrected chi connectivity index (χ0v) is 20.9. The van der Waals surface area contributed by atoms with Crippen LogP contribution in [0.3, 0.4) is 0 Å². The highest BCUT2D eigenvalue weighted by Crippen LogP contribution is 2.25. The van der Waals surface area contributed by atoms with Crippen molar-refractivity contribution in [2.75, 3.05) is 19.0 Å². The number of carbonyl (C=O) groups is 2. The van der Waals surface area contributed by atoms with E-state index in [2.05, 4.69) is 10.6 Å². The Kier molecular flexibility index (Phi) is 7.77. The Bertz CT molecular complexity index is 1320. The van der Waals surface area contributed by atoms with E-state index in [0.29, 0.717) is 0 Å². The molecule has 0 saturated heterocycles. The lowest BCUT2D eigenvalue weighted by Crippen LogP contribution is -2.33. The Labute approximate surface area is 206 Å². The first kappa shape index (κ1) is 25.3. The van der Waals surface area contributed by atoms with Crippen molar-refractivity contribution in [1.82, 2.24) is 9.88 Å². The van der Waals surface area contributed by atoms with Crippen LogP contribution in [0.15, 0.2) is 48.0 Å². The normalized spacial score (nSPS) is 11.1. The predicted octanol–water partition coefficient (Wildman–Crippen LogP) is 4.69. The highest BCUT2D eigenvalue weighted by atomic mass is 16.5. The van der Waals surface area contributed by atoms with Crippen LogP contribution in [0.4, 0.5) is 5.69 Å². The van der Waals surface area contributed by atoms with Crippen molar-refractivity contribution in [3.8, 4) is 17.5 Å². The second kappa shape index (κ2) is 10.7. The number of nitrogens with zero attached hydrogens (tertiary/aromatic N) is 2. The summed E-state index contributed by atoms with van der Waals surface area (Å²) in [7, 11) is 1.62. The van der Waals surface area contributed by atoms with E-state index in [1.165, 1.54) is 0 Å². The molecule has 180 valence electrons. The van der Waals surface area contributed by atoms with Crippen molar-refractivity contribution in [2.24, 2.45) is 0 Å². The van der Waals surface area contributed by atoms with Crippen molar-refractivity contribution in [1.29, 1.82) is 5.26 Å². The molecule has 3 rings (SSSR count). The van der Waals surface area contributed by atoms with Gasteiger partial charge >= 0.3 is 0 Å². The van der Waals surface area contributed by atoms with E-state index >= 15 is 0 Å². The summed E-state index contributed by atoms with van der Waals surface area (Å²) in [5, 5.41) is 15.0. The molecule has 7 nitrogen and oxygen atoms in total. The van der Waals surface area contributed by atoms with Crippen molar-refractivity contribution in [3.63, 3.8) is 0 Å². The van der Waals surface area contributed by atoms with Crippen LogP contribution in [0.5, 0.6) is 5.75 Å². The minimum Gasteiger partial charge on any atom is -0.497 e. The molecule has 0 fully saturated rings. The Morgan fingerprint density at radius 2 is 1.66 bits per heavy atom. The number of hydrogen-bond donors (Lipinski definition) is 2. The summed E-state index contributed by atoms with van der Waals surface area (Å²) in [6.45, 7) is 9.49. The van der Waals surface area contributed by atoms with Gasteiger partial charge in [-0.2, -0.15) is 5.26 Å².